The summed E-state index contributed by atoms with van der Waals surface area (Å²) in [5, 5.41) is 0. The van der Waals surface area contributed by atoms with Crippen molar-refractivity contribution in [2.24, 2.45) is 0 Å². The van der Waals surface area contributed by atoms with Gasteiger partial charge in [-0.1, -0.05) is 24.3 Å². The number of pyridine rings is 1. The molecular formula is C17H18N2O. The maximum absolute atomic E-state index is 12.6. The quantitative estimate of drug-likeness (QED) is 0.836. The lowest BCUT2D eigenvalue weighted by Crippen LogP contribution is -2.33. The molecule has 0 bridgehead atoms. The van der Waals surface area contributed by atoms with E-state index in [1.165, 1.54) is 11.1 Å². The second-order valence-electron chi connectivity index (χ2n) is 5.26. The van der Waals surface area contributed by atoms with Crippen LogP contribution in [0.5, 0.6) is 0 Å². The second-order valence-corrected chi connectivity index (χ2v) is 5.26. The Balaban J connectivity index is 1.89. The van der Waals surface area contributed by atoms with Crippen molar-refractivity contribution in [3.63, 3.8) is 0 Å². The molecule has 3 nitrogen and oxygen atoms in total. The molecule has 0 saturated heterocycles. The predicted octanol–water partition coefficient (Wildman–Crippen LogP) is 3.23. The van der Waals surface area contributed by atoms with E-state index in [1.807, 2.05) is 11.9 Å². The molecule has 3 heteroatoms. The van der Waals surface area contributed by atoms with Gasteiger partial charge in [0.25, 0.3) is 5.91 Å². The van der Waals surface area contributed by atoms with Crippen molar-refractivity contribution in [1.82, 2.24) is 9.88 Å². The average molecular weight is 266 g/mol. The molecule has 1 heterocycles. The highest BCUT2D eigenvalue weighted by atomic mass is 16.2. The number of benzene rings is 1. The lowest BCUT2D eigenvalue weighted by Gasteiger charge is -2.33. The molecule has 1 aromatic carbocycles. The third kappa shape index (κ3) is 2.31. The maximum atomic E-state index is 12.6. The number of aryl methyl sites for hydroxylation is 1. The van der Waals surface area contributed by atoms with Crippen LogP contribution >= 0.6 is 0 Å². The Labute approximate surface area is 119 Å². The fraction of sp³-hybridized carbons (Fsp3) is 0.294. The van der Waals surface area contributed by atoms with Gasteiger partial charge in [-0.3, -0.25) is 9.78 Å². The topological polar surface area (TPSA) is 33.2 Å². The SMILES string of the molecule is CN(C(=O)c1ccncc1)C1CCCc2ccccc21. The van der Waals surface area contributed by atoms with Crippen LogP contribution in [0.2, 0.25) is 0 Å². The van der Waals surface area contributed by atoms with Crippen LogP contribution in [0.3, 0.4) is 0 Å². The monoisotopic (exact) mass is 266 g/mol. The van der Waals surface area contributed by atoms with E-state index in [0.29, 0.717) is 5.56 Å². The first-order valence-electron chi connectivity index (χ1n) is 7.02. The Morgan fingerprint density at radius 3 is 2.75 bits per heavy atom. The molecule has 0 radical (unpaired) electrons. The summed E-state index contributed by atoms with van der Waals surface area (Å²) in [7, 11) is 1.90. The minimum atomic E-state index is 0.0640. The van der Waals surface area contributed by atoms with Crippen LogP contribution in [-0.4, -0.2) is 22.8 Å². The summed E-state index contributed by atoms with van der Waals surface area (Å²) >= 11 is 0. The minimum Gasteiger partial charge on any atom is -0.335 e. The van der Waals surface area contributed by atoms with Gasteiger partial charge in [0.05, 0.1) is 6.04 Å². The molecule has 0 aliphatic heterocycles. The Morgan fingerprint density at radius 1 is 1.20 bits per heavy atom. The first kappa shape index (κ1) is 12.9. The summed E-state index contributed by atoms with van der Waals surface area (Å²) < 4.78 is 0. The number of fused-ring (bicyclic) bond motifs is 1. The Morgan fingerprint density at radius 2 is 1.95 bits per heavy atom. The molecule has 1 aromatic heterocycles. The van der Waals surface area contributed by atoms with Crippen LogP contribution in [0.25, 0.3) is 0 Å². The zero-order chi connectivity index (χ0) is 13.9. The molecule has 1 aliphatic carbocycles. The normalized spacial score (nSPS) is 17.4. The summed E-state index contributed by atoms with van der Waals surface area (Å²) in [6, 6.07) is 12.2. The molecule has 0 spiro atoms. The zero-order valence-electron chi connectivity index (χ0n) is 11.6. The highest BCUT2D eigenvalue weighted by Crippen LogP contribution is 2.33. The van der Waals surface area contributed by atoms with Crippen molar-refractivity contribution in [3.05, 3.63) is 65.5 Å². The molecule has 0 saturated carbocycles. The van der Waals surface area contributed by atoms with Crippen LogP contribution in [0.1, 0.15) is 40.4 Å². The van der Waals surface area contributed by atoms with Gasteiger partial charge in [-0.2, -0.15) is 0 Å². The van der Waals surface area contributed by atoms with Crippen LogP contribution in [0, 0.1) is 0 Å². The van der Waals surface area contributed by atoms with Gasteiger partial charge in [-0.15, -0.1) is 0 Å². The zero-order valence-corrected chi connectivity index (χ0v) is 11.6. The number of carbonyl (C=O) groups is 1. The van der Waals surface area contributed by atoms with Gasteiger partial charge < -0.3 is 4.90 Å². The number of carbonyl (C=O) groups excluding carboxylic acids is 1. The molecular weight excluding hydrogens is 248 g/mol. The van der Waals surface area contributed by atoms with Crippen molar-refractivity contribution in [3.8, 4) is 0 Å². The molecule has 102 valence electrons. The highest BCUT2D eigenvalue weighted by molar-refractivity contribution is 5.94. The largest absolute Gasteiger partial charge is 0.335 e. The van der Waals surface area contributed by atoms with E-state index in [-0.39, 0.29) is 11.9 Å². The molecule has 2 aromatic rings. The summed E-state index contributed by atoms with van der Waals surface area (Å²) in [6.45, 7) is 0. The molecule has 1 unspecified atom stereocenters. The van der Waals surface area contributed by atoms with E-state index >= 15 is 0 Å². The Kier molecular flexibility index (Phi) is 3.50. The summed E-state index contributed by atoms with van der Waals surface area (Å²) in [6.07, 6.45) is 6.61. The average Bonchev–Trinajstić information content (AvgIpc) is 2.54. The molecule has 0 N–H and O–H groups in total. The van der Waals surface area contributed by atoms with E-state index in [2.05, 4.69) is 29.2 Å². The van der Waals surface area contributed by atoms with Crippen molar-refractivity contribution in [2.45, 2.75) is 25.3 Å². The van der Waals surface area contributed by atoms with Gasteiger partial charge in [0.2, 0.25) is 0 Å². The van der Waals surface area contributed by atoms with Gasteiger partial charge >= 0.3 is 0 Å². The Bertz CT molecular complexity index is 609. The van der Waals surface area contributed by atoms with Crippen LogP contribution < -0.4 is 0 Å². The highest BCUT2D eigenvalue weighted by Gasteiger charge is 2.26. The van der Waals surface area contributed by atoms with Crippen molar-refractivity contribution in [1.29, 1.82) is 0 Å². The van der Waals surface area contributed by atoms with E-state index in [9.17, 15) is 4.79 Å². The van der Waals surface area contributed by atoms with Gasteiger partial charge in [0, 0.05) is 25.0 Å². The van der Waals surface area contributed by atoms with Gasteiger partial charge in [0.15, 0.2) is 0 Å². The summed E-state index contributed by atoms with van der Waals surface area (Å²) in [4.78, 5) is 18.4. The summed E-state index contributed by atoms with van der Waals surface area (Å²) in [5.41, 5.74) is 3.37. The first-order chi connectivity index (χ1) is 9.77. The lowest BCUT2D eigenvalue weighted by atomic mass is 9.87. The standard InChI is InChI=1S/C17H18N2O/c1-19(17(20)14-9-11-18-12-10-14)16-8-4-6-13-5-2-3-7-15(13)16/h2-3,5,7,9-12,16H,4,6,8H2,1H3. The van der Waals surface area contributed by atoms with Crippen molar-refractivity contribution in [2.75, 3.05) is 7.05 Å². The third-order valence-corrected chi connectivity index (χ3v) is 4.05. The fourth-order valence-corrected chi connectivity index (χ4v) is 2.97. The van der Waals surface area contributed by atoms with E-state index in [0.717, 1.165) is 19.3 Å². The smallest absolute Gasteiger partial charge is 0.254 e. The lowest BCUT2D eigenvalue weighted by molar-refractivity contribution is 0.0715. The van der Waals surface area contributed by atoms with Crippen LogP contribution in [-0.2, 0) is 6.42 Å². The van der Waals surface area contributed by atoms with Crippen LogP contribution in [0.15, 0.2) is 48.8 Å². The number of amides is 1. The molecule has 1 aliphatic rings. The number of aromatic nitrogens is 1. The first-order valence-corrected chi connectivity index (χ1v) is 7.02. The predicted molar refractivity (Wildman–Crippen MR) is 78.5 cm³/mol. The van der Waals surface area contributed by atoms with Crippen molar-refractivity contribution >= 4 is 5.91 Å². The third-order valence-electron chi connectivity index (χ3n) is 4.05. The van der Waals surface area contributed by atoms with Gasteiger partial charge in [-0.05, 0) is 42.5 Å². The van der Waals surface area contributed by atoms with E-state index < -0.39 is 0 Å². The molecule has 3 rings (SSSR count). The van der Waals surface area contributed by atoms with E-state index in [4.69, 9.17) is 0 Å². The second kappa shape index (κ2) is 5.45. The van der Waals surface area contributed by atoms with Gasteiger partial charge in [0.1, 0.15) is 0 Å². The number of nitrogens with zero attached hydrogens (tertiary/aromatic N) is 2. The molecule has 1 amide bonds. The van der Waals surface area contributed by atoms with Crippen molar-refractivity contribution < 1.29 is 4.79 Å². The van der Waals surface area contributed by atoms with Crippen LogP contribution in [0.4, 0.5) is 0 Å². The number of hydrogen-bond donors (Lipinski definition) is 0. The number of rotatable bonds is 2. The fourth-order valence-electron chi connectivity index (χ4n) is 2.97. The number of hydrogen-bond acceptors (Lipinski definition) is 2. The molecule has 1 atom stereocenters. The Hall–Kier alpha value is -2.16. The molecule has 0 fully saturated rings. The molecule has 20 heavy (non-hydrogen) atoms. The van der Waals surface area contributed by atoms with E-state index in [1.54, 1.807) is 24.5 Å². The summed E-state index contributed by atoms with van der Waals surface area (Å²) in [5.74, 6) is 0.0640. The van der Waals surface area contributed by atoms with Gasteiger partial charge in [-0.25, -0.2) is 0 Å². The minimum absolute atomic E-state index is 0.0640. The maximum Gasteiger partial charge on any atom is 0.254 e.